The minimum absolute atomic E-state index is 0.422. The van der Waals surface area contributed by atoms with Crippen molar-refractivity contribution in [2.24, 2.45) is 5.16 Å². The van der Waals surface area contributed by atoms with Gasteiger partial charge >= 0.3 is 0 Å². The summed E-state index contributed by atoms with van der Waals surface area (Å²) in [6.45, 7) is 4.69. The molecule has 0 bridgehead atoms. The molecule has 0 spiro atoms. The lowest BCUT2D eigenvalue weighted by Gasteiger charge is -2.26. The highest BCUT2D eigenvalue weighted by molar-refractivity contribution is 6.32. The standard InChI is InChI=1S/C14H19ClN2O4/c1-19-13-9-11(10-16-18)8-12(15)14(13)21-7-4-17-2-5-20-6-3-17/h8-10,18H,2-7H2,1H3/b16-10+. The van der Waals surface area contributed by atoms with Gasteiger partial charge in [0.15, 0.2) is 11.5 Å². The average molecular weight is 315 g/mol. The second-order valence-corrected chi connectivity index (χ2v) is 4.99. The zero-order valence-corrected chi connectivity index (χ0v) is 12.7. The summed E-state index contributed by atoms with van der Waals surface area (Å²) in [6.07, 6.45) is 1.28. The average Bonchev–Trinajstić information content (AvgIpc) is 2.50. The molecule has 1 aromatic carbocycles. The molecule has 0 aromatic heterocycles. The fourth-order valence-electron chi connectivity index (χ4n) is 2.12. The SMILES string of the molecule is COc1cc(/C=N/O)cc(Cl)c1OCCN1CCOCC1. The molecule has 6 nitrogen and oxygen atoms in total. The number of rotatable bonds is 6. The molecular formula is C14H19ClN2O4. The third kappa shape index (κ3) is 4.49. The van der Waals surface area contributed by atoms with Gasteiger partial charge in [0.2, 0.25) is 0 Å². The maximum atomic E-state index is 8.57. The van der Waals surface area contributed by atoms with Crippen LogP contribution >= 0.6 is 11.6 Å². The van der Waals surface area contributed by atoms with E-state index in [1.54, 1.807) is 19.2 Å². The van der Waals surface area contributed by atoms with Crippen LogP contribution in [0.1, 0.15) is 5.56 Å². The first-order valence-electron chi connectivity index (χ1n) is 6.72. The van der Waals surface area contributed by atoms with Crippen molar-refractivity contribution in [1.29, 1.82) is 0 Å². The van der Waals surface area contributed by atoms with Crippen LogP contribution in [0.3, 0.4) is 0 Å². The van der Waals surface area contributed by atoms with Gasteiger partial charge in [-0.3, -0.25) is 4.90 Å². The lowest BCUT2D eigenvalue weighted by molar-refractivity contribution is 0.0321. The fourth-order valence-corrected chi connectivity index (χ4v) is 2.40. The summed E-state index contributed by atoms with van der Waals surface area (Å²) < 4.78 is 16.3. The van der Waals surface area contributed by atoms with Gasteiger partial charge < -0.3 is 19.4 Å². The predicted molar refractivity (Wildman–Crippen MR) is 80.1 cm³/mol. The zero-order chi connectivity index (χ0) is 15.1. The fraction of sp³-hybridized carbons (Fsp3) is 0.500. The molecule has 1 saturated heterocycles. The van der Waals surface area contributed by atoms with Crippen LogP contribution in [0.15, 0.2) is 17.3 Å². The Morgan fingerprint density at radius 3 is 2.86 bits per heavy atom. The number of methoxy groups -OCH3 is 1. The van der Waals surface area contributed by atoms with Gasteiger partial charge in [0, 0.05) is 25.2 Å². The number of nitrogens with zero attached hydrogens (tertiary/aromatic N) is 2. The molecule has 0 unspecified atom stereocenters. The van der Waals surface area contributed by atoms with E-state index in [1.807, 2.05) is 0 Å². The smallest absolute Gasteiger partial charge is 0.179 e. The minimum Gasteiger partial charge on any atom is -0.493 e. The molecule has 1 fully saturated rings. The van der Waals surface area contributed by atoms with Crippen molar-refractivity contribution in [2.75, 3.05) is 46.6 Å². The quantitative estimate of drug-likeness (QED) is 0.493. The second kappa shape index (κ2) is 8.07. The first-order valence-corrected chi connectivity index (χ1v) is 7.10. The summed E-state index contributed by atoms with van der Waals surface area (Å²) in [5.74, 6) is 1.02. The first-order chi connectivity index (χ1) is 10.2. The lowest BCUT2D eigenvalue weighted by Crippen LogP contribution is -2.38. The Labute approximate surface area is 128 Å². The summed E-state index contributed by atoms with van der Waals surface area (Å²) in [4.78, 5) is 2.27. The molecule has 7 heteroatoms. The Balaban J connectivity index is 1.98. The van der Waals surface area contributed by atoms with Crippen LogP contribution < -0.4 is 9.47 Å². The van der Waals surface area contributed by atoms with E-state index in [0.717, 1.165) is 32.8 Å². The Morgan fingerprint density at radius 2 is 2.19 bits per heavy atom. The molecule has 0 saturated carbocycles. The van der Waals surface area contributed by atoms with Crippen LogP contribution in [-0.4, -0.2) is 62.9 Å². The van der Waals surface area contributed by atoms with Crippen molar-refractivity contribution in [3.63, 3.8) is 0 Å². The Kier molecular flexibility index (Phi) is 6.10. The number of halogens is 1. The topological polar surface area (TPSA) is 63.5 Å². The van der Waals surface area contributed by atoms with E-state index in [9.17, 15) is 0 Å². The van der Waals surface area contributed by atoms with Gasteiger partial charge in [-0.1, -0.05) is 16.8 Å². The van der Waals surface area contributed by atoms with E-state index in [1.165, 1.54) is 6.21 Å². The minimum atomic E-state index is 0.422. The molecule has 2 rings (SSSR count). The Hall–Kier alpha value is -1.50. The molecule has 1 N–H and O–H groups in total. The summed E-state index contributed by atoms with van der Waals surface area (Å²) in [6, 6.07) is 3.36. The third-order valence-electron chi connectivity index (χ3n) is 3.22. The number of hydrogen-bond donors (Lipinski definition) is 1. The normalized spacial score (nSPS) is 16.3. The summed E-state index contributed by atoms with van der Waals surface area (Å²) >= 11 is 6.19. The van der Waals surface area contributed by atoms with Gasteiger partial charge in [0.05, 0.1) is 31.6 Å². The van der Waals surface area contributed by atoms with Crippen LogP contribution in [0.4, 0.5) is 0 Å². The Bertz CT molecular complexity index is 490. The predicted octanol–water partition coefficient (Wildman–Crippen LogP) is 1.87. The van der Waals surface area contributed by atoms with Gasteiger partial charge in [-0.25, -0.2) is 0 Å². The van der Waals surface area contributed by atoms with Crippen LogP contribution in [0.5, 0.6) is 11.5 Å². The van der Waals surface area contributed by atoms with Crippen LogP contribution in [0.2, 0.25) is 5.02 Å². The summed E-state index contributed by atoms with van der Waals surface area (Å²) in [5.41, 5.74) is 0.639. The molecule has 116 valence electrons. The van der Waals surface area contributed by atoms with Crippen molar-refractivity contribution in [3.05, 3.63) is 22.7 Å². The third-order valence-corrected chi connectivity index (χ3v) is 3.50. The summed E-state index contributed by atoms with van der Waals surface area (Å²) in [5, 5.41) is 12.0. The second-order valence-electron chi connectivity index (χ2n) is 4.58. The Morgan fingerprint density at radius 1 is 1.43 bits per heavy atom. The molecule has 1 aliphatic rings. The van der Waals surface area contributed by atoms with E-state index in [4.69, 9.17) is 31.0 Å². The van der Waals surface area contributed by atoms with Crippen molar-refractivity contribution in [2.45, 2.75) is 0 Å². The number of ether oxygens (including phenoxy) is 3. The van der Waals surface area contributed by atoms with Crippen molar-refractivity contribution in [3.8, 4) is 11.5 Å². The van der Waals surface area contributed by atoms with Gasteiger partial charge in [0.25, 0.3) is 0 Å². The van der Waals surface area contributed by atoms with Gasteiger partial charge in [-0.15, -0.1) is 0 Å². The van der Waals surface area contributed by atoms with E-state index < -0.39 is 0 Å². The van der Waals surface area contributed by atoms with E-state index in [-0.39, 0.29) is 0 Å². The summed E-state index contributed by atoms with van der Waals surface area (Å²) in [7, 11) is 1.54. The molecule has 0 aliphatic carbocycles. The maximum absolute atomic E-state index is 8.57. The number of morpholine rings is 1. The largest absolute Gasteiger partial charge is 0.493 e. The highest BCUT2D eigenvalue weighted by Crippen LogP contribution is 2.36. The van der Waals surface area contributed by atoms with Gasteiger partial charge in [0.1, 0.15) is 6.61 Å². The van der Waals surface area contributed by atoms with Crippen LogP contribution in [0.25, 0.3) is 0 Å². The van der Waals surface area contributed by atoms with Crippen molar-refractivity contribution < 1.29 is 19.4 Å². The molecule has 1 heterocycles. The van der Waals surface area contributed by atoms with Crippen molar-refractivity contribution >= 4 is 17.8 Å². The molecule has 1 aliphatic heterocycles. The molecular weight excluding hydrogens is 296 g/mol. The first kappa shape index (κ1) is 15.9. The van der Waals surface area contributed by atoms with E-state index >= 15 is 0 Å². The van der Waals surface area contributed by atoms with Crippen LogP contribution in [-0.2, 0) is 4.74 Å². The maximum Gasteiger partial charge on any atom is 0.179 e. The zero-order valence-electron chi connectivity index (χ0n) is 11.9. The van der Waals surface area contributed by atoms with Crippen LogP contribution in [0, 0.1) is 0 Å². The molecule has 0 atom stereocenters. The lowest BCUT2D eigenvalue weighted by atomic mass is 10.2. The molecule has 1 aromatic rings. The van der Waals surface area contributed by atoms with Crippen molar-refractivity contribution in [1.82, 2.24) is 4.90 Å². The number of hydrogen-bond acceptors (Lipinski definition) is 6. The molecule has 21 heavy (non-hydrogen) atoms. The van der Waals surface area contributed by atoms with Gasteiger partial charge in [-0.05, 0) is 12.1 Å². The highest BCUT2D eigenvalue weighted by Gasteiger charge is 2.14. The molecule has 0 amide bonds. The van der Waals surface area contributed by atoms with E-state index in [0.29, 0.717) is 28.7 Å². The number of benzene rings is 1. The van der Waals surface area contributed by atoms with Gasteiger partial charge in [-0.2, -0.15) is 0 Å². The molecule has 0 radical (unpaired) electrons. The number of oxime groups is 1. The highest BCUT2D eigenvalue weighted by atomic mass is 35.5. The monoisotopic (exact) mass is 314 g/mol. The van der Waals surface area contributed by atoms with E-state index in [2.05, 4.69) is 10.1 Å².